The molecular weight excluding hydrogens is 406 g/mol. The van der Waals surface area contributed by atoms with Gasteiger partial charge in [-0.05, 0) is 43.5 Å². The molecule has 3 N–H and O–H groups in total. The average Bonchev–Trinajstić information content (AvgIpc) is 3.07. The number of nitrogens with two attached hydrogens (primary N) is 1. The van der Waals surface area contributed by atoms with E-state index in [0.717, 1.165) is 29.1 Å². The Kier molecular flexibility index (Phi) is 8.68. The molecule has 1 saturated heterocycles. The number of piperidine rings is 1. The molecular formula is C21H29N3O5S. The molecule has 0 bridgehead atoms. The molecule has 1 aromatic rings. The smallest absolute Gasteiger partial charge is 0.255 e. The summed E-state index contributed by atoms with van der Waals surface area (Å²) in [6.45, 7) is 3.52. The van der Waals surface area contributed by atoms with Crippen LogP contribution in [0.15, 0.2) is 23.1 Å². The van der Waals surface area contributed by atoms with Gasteiger partial charge < -0.3 is 20.1 Å². The van der Waals surface area contributed by atoms with Gasteiger partial charge in [0.2, 0.25) is 11.8 Å². The van der Waals surface area contributed by atoms with Gasteiger partial charge in [0.25, 0.3) is 5.91 Å². The third-order valence-corrected chi connectivity index (χ3v) is 6.28. The Morgan fingerprint density at radius 1 is 1.10 bits per heavy atom. The lowest BCUT2D eigenvalue weighted by molar-refractivity contribution is -0.136. The highest BCUT2D eigenvalue weighted by Crippen LogP contribution is 2.34. The number of carbonyl (C=O) groups is 3. The SMILES string of the molecule is NCCCOCCOCCCSc1cccc2c1CN(C1CCC(=O)NC1=O)C2=O. The van der Waals surface area contributed by atoms with E-state index in [9.17, 15) is 14.4 Å². The molecule has 0 aromatic heterocycles. The highest BCUT2D eigenvalue weighted by atomic mass is 32.2. The number of rotatable bonds is 12. The van der Waals surface area contributed by atoms with Crippen molar-refractivity contribution in [2.75, 3.05) is 38.7 Å². The predicted octanol–water partition coefficient (Wildman–Crippen LogP) is 1.31. The van der Waals surface area contributed by atoms with Gasteiger partial charge in [-0.15, -0.1) is 11.8 Å². The van der Waals surface area contributed by atoms with Crippen LogP contribution in [0.2, 0.25) is 0 Å². The van der Waals surface area contributed by atoms with Crippen LogP contribution in [0.25, 0.3) is 0 Å². The van der Waals surface area contributed by atoms with Crippen molar-refractivity contribution in [2.24, 2.45) is 5.73 Å². The van der Waals surface area contributed by atoms with Crippen molar-refractivity contribution in [1.29, 1.82) is 0 Å². The van der Waals surface area contributed by atoms with Gasteiger partial charge in [0.15, 0.2) is 0 Å². The lowest BCUT2D eigenvalue weighted by atomic mass is 10.0. The van der Waals surface area contributed by atoms with Gasteiger partial charge in [0.1, 0.15) is 6.04 Å². The van der Waals surface area contributed by atoms with E-state index in [2.05, 4.69) is 5.32 Å². The first-order chi connectivity index (χ1) is 14.6. The second-order valence-electron chi connectivity index (χ2n) is 7.25. The molecule has 1 fully saturated rings. The topological polar surface area (TPSA) is 111 Å². The van der Waals surface area contributed by atoms with Gasteiger partial charge in [0.05, 0.1) is 13.2 Å². The fourth-order valence-corrected chi connectivity index (χ4v) is 4.55. The Morgan fingerprint density at radius 3 is 2.60 bits per heavy atom. The molecule has 0 aliphatic carbocycles. The van der Waals surface area contributed by atoms with Crippen LogP contribution in [0.5, 0.6) is 0 Å². The second-order valence-corrected chi connectivity index (χ2v) is 8.39. The molecule has 3 amide bonds. The van der Waals surface area contributed by atoms with Crippen molar-refractivity contribution in [3.8, 4) is 0 Å². The summed E-state index contributed by atoms with van der Waals surface area (Å²) in [5.41, 5.74) is 7.02. The van der Waals surface area contributed by atoms with Crippen LogP contribution in [0, 0.1) is 0 Å². The molecule has 2 aliphatic heterocycles. The molecule has 2 heterocycles. The Hall–Kier alpha value is -1.94. The van der Waals surface area contributed by atoms with Gasteiger partial charge in [-0.3, -0.25) is 19.7 Å². The van der Waals surface area contributed by atoms with Crippen LogP contribution in [-0.4, -0.2) is 67.4 Å². The summed E-state index contributed by atoms with van der Waals surface area (Å²) in [4.78, 5) is 39.1. The number of fused-ring (bicyclic) bond motifs is 1. The Balaban J connectivity index is 1.45. The first kappa shape index (κ1) is 22.7. The standard InChI is InChI=1S/C21H29N3O5S/c22-8-2-9-28-11-12-29-10-3-13-30-18-5-1-4-15-16(18)14-24(21(15)27)17-6-7-19(25)23-20(17)26/h1,4-5,17H,2-3,6-14,22H2,(H,23,25,26). The number of hydrogen-bond acceptors (Lipinski definition) is 7. The number of thioether (sulfide) groups is 1. The fourth-order valence-electron chi connectivity index (χ4n) is 3.54. The third kappa shape index (κ3) is 5.81. The predicted molar refractivity (Wildman–Crippen MR) is 113 cm³/mol. The van der Waals surface area contributed by atoms with Gasteiger partial charge in [-0.2, -0.15) is 0 Å². The summed E-state index contributed by atoms with van der Waals surface area (Å²) in [6.07, 6.45) is 2.39. The Labute approximate surface area is 180 Å². The number of ether oxygens (including phenoxy) is 2. The second kappa shape index (κ2) is 11.5. The van der Waals surface area contributed by atoms with E-state index >= 15 is 0 Å². The summed E-state index contributed by atoms with van der Waals surface area (Å²) < 4.78 is 11.0. The van der Waals surface area contributed by atoms with Crippen molar-refractivity contribution in [2.45, 2.75) is 43.2 Å². The number of hydrogen-bond donors (Lipinski definition) is 2. The van der Waals surface area contributed by atoms with Crippen LogP contribution in [-0.2, 0) is 25.6 Å². The molecule has 0 radical (unpaired) electrons. The van der Waals surface area contributed by atoms with E-state index in [0.29, 0.717) is 51.5 Å². The van der Waals surface area contributed by atoms with Crippen molar-refractivity contribution in [3.05, 3.63) is 29.3 Å². The minimum Gasteiger partial charge on any atom is -0.379 e. The number of nitrogens with zero attached hydrogens (tertiary/aromatic N) is 1. The molecule has 1 unspecified atom stereocenters. The van der Waals surface area contributed by atoms with Gasteiger partial charge >= 0.3 is 0 Å². The molecule has 0 saturated carbocycles. The monoisotopic (exact) mass is 435 g/mol. The lowest BCUT2D eigenvalue weighted by Gasteiger charge is -2.29. The molecule has 0 spiro atoms. The Bertz CT molecular complexity index is 773. The summed E-state index contributed by atoms with van der Waals surface area (Å²) in [5.74, 6) is 0.0727. The maximum absolute atomic E-state index is 12.8. The minimum absolute atomic E-state index is 0.139. The third-order valence-electron chi connectivity index (χ3n) is 5.09. The maximum atomic E-state index is 12.8. The van der Waals surface area contributed by atoms with Crippen molar-refractivity contribution in [3.63, 3.8) is 0 Å². The zero-order chi connectivity index (χ0) is 21.3. The largest absolute Gasteiger partial charge is 0.379 e. The van der Waals surface area contributed by atoms with Crippen LogP contribution >= 0.6 is 11.8 Å². The van der Waals surface area contributed by atoms with Crippen LogP contribution in [0.3, 0.4) is 0 Å². The Morgan fingerprint density at radius 2 is 1.87 bits per heavy atom. The lowest BCUT2D eigenvalue weighted by Crippen LogP contribution is -2.52. The maximum Gasteiger partial charge on any atom is 0.255 e. The molecule has 164 valence electrons. The van der Waals surface area contributed by atoms with Crippen LogP contribution in [0.1, 0.15) is 41.6 Å². The van der Waals surface area contributed by atoms with Crippen molar-refractivity contribution < 1.29 is 23.9 Å². The molecule has 2 aliphatic rings. The number of imide groups is 1. The molecule has 1 atom stereocenters. The molecule has 8 nitrogen and oxygen atoms in total. The first-order valence-corrected chi connectivity index (χ1v) is 11.3. The number of amides is 3. The van der Waals surface area contributed by atoms with E-state index < -0.39 is 6.04 Å². The molecule has 1 aromatic carbocycles. The van der Waals surface area contributed by atoms with E-state index in [1.165, 1.54) is 0 Å². The summed E-state index contributed by atoms with van der Waals surface area (Å²) in [6, 6.07) is 5.11. The number of nitrogens with one attached hydrogen (secondary N) is 1. The van der Waals surface area contributed by atoms with E-state index in [1.54, 1.807) is 22.7 Å². The molecule has 3 rings (SSSR count). The number of benzene rings is 1. The van der Waals surface area contributed by atoms with E-state index in [4.69, 9.17) is 15.2 Å². The summed E-state index contributed by atoms with van der Waals surface area (Å²) >= 11 is 1.69. The highest BCUT2D eigenvalue weighted by molar-refractivity contribution is 7.99. The quantitative estimate of drug-likeness (QED) is 0.289. The van der Waals surface area contributed by atoms with Gasteiger partial charge in [-0.1, -0.05) is 6.07 Å². The van der Waals surface area contributed by atoms with Crippen LogP contribution in [0.4, 0.5) is 0 Å². The summed E-state index contributed by atoms with van der Waals surface area (Å²) in [7, 11) is 0. The van der Waals surface area contributed by atoms with Crippen LogP contribution < -0.4 is 11.1 Å². The average molecular weight is 436 g/mol. The van der Waals surface area contributed by atoms with Crippen molar-refractivity contribution >= 4 is 29.5 Å². The summed E-state index contributed by atoms with van der Waals surface area (Å²) in [5, 5.41) is 2.34. The first-order valence-electron chi connectivity index (χ1n) is 10.4. The number of carbonyl (C=O) groups excluding carboxylic acids is 3. The minimum atomic E-state index is -0.582. The molecule has 30 heavy (non-hydrogen) atoms. The fraction of sp³-hybridized carbons (Fsp3) is 0.571. The zero-order valence-corrected chi connectivity index (χ0v) is 17.9. The van der Waals surface area contributed by atoms with Crippen molar-refractivity contribution in [1.82, 2.24) is 10.2 Å². The normalized spacial score (nSPS) is 18.6. The van der Waals surface area contributed by atoms with E-state index in [-0.39, 0.29) is 24.1 Å². The van der Waals surface area contributed by atoms with E-state index in [1.807, 2.05) is 12.1 Å². The molecule has 9 heteroatoms. The van der Waals surface area contributed by atoms with Gasteiger partial charge in [-0.25, -0.2) is 0 Å². The highest BCUT2D eigenvalue weighted by Gasteiger charge is 2.39. The zero-order valence-electron chi connectivity index (χ0n) is 17.1. The van der Waals surface area contributed by atoms with Gasteiger partial charge in [0, 0.05) is 42.4 Å².